The maximum atomic E-state index is 5.95. The molecule has 1 aromatic rings. The highest BCUT2D eigenvalue weighted by molar-refractivity contribution is 6.29. The van der Waals surface area contributed by atoms with Crippen molar-refractivity contribution in [2.45, 2.75) is 37.6 Å². The maximum Gasteiger partial charge on any atom is 0.129 e. The van der Waals surface area contributed by atoms with Crippen molar-refractivity contribution in [3.63, 3.8) is 0 Å². The number of aromatic nitrogens is 1. The summed E-state index contributed by atoms with van der Waals surface area (Å²) in [7, 11) is 0. The Morgan fingerprint density at radius 2 is 2.21 bits per heavy atom. The molecular formula is C11H15ClN2. The Hall–Kier alpha value is -0.600. The van der Waals surface area contributed by atoms with Gasteiger partial charge in [-0.25, -0.2) is 4.98 Å². The van der Waals surface area contributed by atoms with Gasteiger partial charge in [0.1, 0.15) is 5.15 Å². The number of hydrogen-bond acceptors (Lipinski definition) is 2. The molecule has 1 saturated carbocycles. The molecule has 0 saturated heterocycles. The number of rotatable bonds is 1. The van der Waals surface area contributed by atoms with Gasteiger partial charge in [-0.05, 0) is 36.8 Å². The molecule has 1 aromatic heterocycles. The van der Waals surface area contributed by atoms with Crippen LogP contribution in [0.15, 0.2) is 18.3 Å². The average Bonchev–Trinajstić information content (AvgIpc) is 2.19. The molecule has 3 heteroatoms. The van der Waals surface area contributed by atoms with Crippen LogP contribution in [0.4, 0.5) is 0 Å². The van der Waals surface area contributed by atoms with Crippen molar-refractivity contribution < 1.29 is 0 Å². The van der Waals surface area contributed by atoms with Crippen molar-refractivity contribution in [3.05, 3.63) is 29.0 Å². The van der Waals surface area contributed by atoms with Gasteiger partial charge in [0, 0.05) is 12.2 Å². The van der Waals surface area contributed by atoms with E-state index in [9.17, 15) is 0 Å². The lowest BCUT2D eigenvalue weighted by Gasteiger charge is -2.26. The first-order valence-corrected chi connectivity index (χ1v) is 5.50. The van der Waals surface area contributed by atoms with Gasteiger partial charge in [-0.3, -0.25) is 0 Å². The number of pyridine rings is 1. The highest BCUT2D eigenvalue weighted by atomic mass is 35.5. The normalized spacial score (nSPS) is 27.6. The summed E-state index contributed by atoms with van der Waals surface area (Å²) in [4.78, 5) is 4.10. The third kappa shape index (κ3) is 2.25. The highest BCUT2D eigenvalue weighted by Gasteiger charge is 2.20. The van der Waals surface area contributed by atoms with Crippen LogP contribution in [-0.2, 0) is 0 Å². The second kappa shape index (κ2) is 4.28. The topological polar surface area (TPSA) is 38.9 Å². The molecule has 0 bridgehead atoms. The van der Waals surface area contributed by atoms with Crippen LogP contribution < -0.4 is 5.73 Å². The zero-order valence-corrected chi connectivity index (χ0v) is 8.87. The summed E-state index contributed by atoms with van der Waals surface area (Å²) in [6, 6.07) is 4.29. The van der Waals surface area contributed by atoms with Crippen molar-refractivity contribution in [1.82, 2.24) is 4.98 Å². The van der Waals surface area contributed by atoms with Gasteiger partial charge in [0.25, 0.3) is 0 Å². The second-order valence-corrected chi connectivity index (χ2v) is 4.43. The Kier molecular flexibility index (Phi) is 3.04. The Morgan fingerprint density at radius 3 is 2.86 bits per heavy atom. The van der Waals surface area contributed by atoms with Crippen LogP contribution in [-0.4, -0.2) is 11.0 Å². The predicted octanol–water partition coefficient (Wildman–Crippen LogP) is 2.72. The molecule has 2 unspecified atom stereocenters. The number of nitrogens with zero attached hydrogens (tertiary/aromatic N) is 1. The van der Waals surface area contributed by atoms with Gasteiger partial charge in [-0.2, -0.15) is 0 Å². The Bertz CT molecular complexity index is 297. The Labute approximate surface area is 89.5 Å². The molecule has 2 nitrogen and oxygen atoms in total. The summed E-state index contributed by atoms with van der Waals surface area (Å²) >= 11 is 5.74. The second-order valence-electron chi connectivity index (χ2n) is 4.04. The summed E-state index contributed by atoms with van der Waals surface area (Å²) in [5, 5.41) is 0.564. The Morgan fingerprint density at radius 1 is 1.36 bits per heavy atom. The number of nitrogens with two attached hydrogens (primary N) is 1. The van der Waals surface area contributed by atoms with Crippen LogP contribution in [0, 0.1) is 0 Å². The molecule has 1 fully saturated rings. The van der Waals surface area contributed by atoms with Crippen molar-refractivity contribution in [1.29, 1.82) is 0 Å². The van der Waals surface area contributed by atoms with E-state index in [0.29, 0.717) is 17.1 Å². The van der Waals surface area contributed by atoms with E-state index in [1.807, 2.05) is 12.3 Å². The maximum absolute atomic E-state index is 5.95. The number of hydrogen-bond donors (Lipinski definition) is 1. The van der Waals surface area contributed by atoms with Crippen LogP contribution in [0.2, 0.25) is 5.15 Å². The van der Waals surface area contributed by atoms with Crippen LogP contribution in [0.25, 0.3) is 0 Å². The summed E-state index contributed by atoms with van der Waals surface area (Å²) in [6.07, 6.45) is 6.59. The van der Waals surface area contributed by atoms with Crippen molar-refractivity contribution >= 4 is 11.6 Å². The monoisotopic (exact) mass is 210 g/mol. The average molecular weight is 211 g/mol. The van der Waals surface area contributed by atoms with Crippen molar-refractivity contribution in [2.24, 2.45) is 5.73 Å². The van der Waals surface area contributed by atoms with E-state index < -0.39 is 0 Å². The van der Waals surface area contributed by atoms with Crippen molar-refractivity contribution in [2.75, 3.05) is 0 Å². The fourth-order valence-electron chi connectivity index (χ4n) is 2.16. The van der Waals surface area contributed by atoms with Crippen LogP contribution in [0.1, 0.15) is 37.2 Å². The van der Waals surface area contributed by atoms with Crippen LogP contribution in [0.5, 0.6) is 0 Å². The van der Waals surface area contributed by atoms with E-state index in [1.165, 1.54) is 18.4 Å². The molecule has 2 rings (SSSR count). The molecular weight excluding hydrogens is 196 g/mol. The largest absolute Gasteiger partial charge is 0.328 e. The summed E-state index contributed by atoms with van der Waals surface area (Å²) < 4.78 is 0. The minimum absolute atomic E-state index is 0.365. The lowest BCUT2D eigenvalue weighted by atomic mass is 9.82. The molecule has 1 aliphatic carbocycles. The van der Waals surface area contributed by atoms with Crippen molar-refractivity contribution in [3.8, 4) is 0 Å². The van der Waals surface area contributed by atoms with E-state index in [-0.39, 0.29) is 0 Å². The smallest absolute Gasteiger partial charge is 0.129 e. The molecule has 0 amide bonds. The van der Waals surface area contributed by atoms with E-state index in [0.717, 1.165) is 12.8 Å². The fourth-order valence-corrected chi connectivity index (χ4v) is 2.27. The Balaban J connectivity index is 2.10. The lowest BCUT2D eigenvalue weighted by Crippen LogP contribution is -2.26. The fraction of sp³-hybridized carbons (Fsp3) is 0.545. The SMILES string of the molecule is NC1CCCC(c2ccc(Cl)nc2)C1. The molecule has 0 radical (unpaired) electrons. The van der Waals surface area contributed by atoms with Gasteiger partial charge in [0.05, 0.1) is 0 Å². The van der Waals surface area contributed by atoms with E-state index in [4.69, 9.17) is 17.3 Å². The molecule has 1 aliphatic rings. The third-order valence-corrected chi connectivity index (χ3v) is 3.16. The van der Waals surface area contributed by atoms with Crippen LogP contribution in [0.3, 0.4) is 0 Å². The van der Waals surface area contributed by atoms with E-state index in [2.05, 4.69) is 11.1 Å². The van der Waals surface area contributed by atoms with Gasteiger partial charge in [0.15, 0.2) is 0 Å². The first-order valence-electron chi connectivity index (χ1n) is 5.13. The minimum atomic E-state index is 0.365. The van der Waals surface area contributed by atoms with Gasteiger partial charge in [-0.15, -0.1) is 0 Å². The standard InChI is InChI=1S/C11H15ClN2/c12-11-5-4-9(7-14-11)8-2-1-3-10(13)6-8/h4-5,7-8,10H,1-3,6,13H2. The first kappa shape index (κ1) is 9.94. The van der Waals surface area contributed by atoms with Gasteiger partial charge >= 0.3 is 0 Å². The third-order valence-electron chi connectivity index (χ3n) is 2.94. The molecule has 2 atom stereocenters. The first-order chi connectivity index (χ1) is 6.75. The zero-order valence-electron chi connectivity index (χ0n) is 8.12. The zero-order chi connectivity index (χ0) is 9.97. The van der Waals surface area contributed by atoms with Gasteiger partial charge < -0.3 is 5.73 Å². The molecule has 1 heterocycles. The highest BCUT2D eigenvalue weighted by Crippen LogP contribution is 2.31. The quantitative estimate of drug-likeness (QED) is 0.724. The molecule has 0 aromatic carbocycles. The number of halogens is 1. The summed E-state index contributed by atoms with van der Waals surface area (Å²) in [6.45, 7) is 0. The minimum Gasteiger partial charge on any atom is -0.328 e. The predicted molar refractivity (Wildman–Crippen MR) is 58.4 cm³/mol. The molecule has 0 spiro atoms. The van der Waals surface area contributed by atoms with Gasteiger partial charge in [0.2, 0.25) is 0 Å². The molecule has 2 N–H and O–H groups in total. The molecule has 14 heavy (non-hydrogen) atoms. The van der Waals surface area contributed by atoms with Gasteiger partial charge in [-0.1, -0.05) is 24.1 Å². The molecule has 76 valence electrons. The van der Waals surface area contributed by atoms with E-state index in [1.54, 1.807) is 0 Å². The lowest BCUT2D eigenvalue weighted by molar-refractivity contribution is 0.393. The van der Waals surface area contributed by atoms with E-state index >= 15 is 0 Å². The van der Waals surface area contributed by atoms with Crippen LogP contribution >= 0.6 is 11.6 Å². The molecule has 0 aliphatic heterocycles. The summed E-state index contributed by atoms with van der Waals surface area (Å²) in [5.74, 6) is 0.587. The summed E-state index contributed by atoms with van der Waals surface area (Å²) in [5.41, 5.74) is 7.23.